The Morgan fingerprint density at radius 3 is 2.35 bits per heavy atom. The number of benzene rings is 1. The van der Waals surface area contributed by atoms with Crippen molar-refractivity contribution in [2.24, 2.45) is 0 Å². The maximum absolute atomic E-state index is 11.8. The van der Waals surface area contributed by atoms with Crippen molar-refractivity contribution in [1.29, 1.82) is 0 Å². The minimum Gasteiger partial charge on any atom is -0.459 e. The standard InChI is InChI=1S/C13H16O7/c14-8-9(15)11(20-12(17)10(8)16)13(18)19-6-7-4-2-1-3-5-7/h1-5,8-12,14-17H,6H2/t8-,9-,10-,11-,12+/m0/s1. The van der Waals surface area contributed by atoms with E-state index in [1.54, 1.807) is 24.3 Å². The zero-order valence-electron chi connectivity index (χ0n) is 10.5. The second-order valence-electron chi connectivity index (χ2n) is 4.51. The summed E-state index contributed by atoms with van der Waals surface area (Å²) in [7, 11) is 0. The fourth-order valence-corrected chi connectivity index (χ4v) is 1.87. The highest BCUT2D eigenvalue weighted by atomic mass is 16.7. The predicted octanol–water partition coefficient (Wildman–Crippen LogP) is -1.47. The molecular formula is C13H16O7. The van der Waals surface area contributed by atoms with Crippen LogP contribution in [0.5, 0.6) is 0 Å². The van der Waals surface area contributed by atoms with Gasteiger partial charge in [-0.1, -0.05) is 30.3 Å². The Bertz CT molecular complexity index is 449. The van der Waals surface area contributed by atoms with E-state index in [0.717, 1.165) is 5.56 Å². The molecule has 1 heterocycles. The average Bonchev–Trinajstić information content (AvgIpc) is 2.47. The first-order chi connectivity index (χ1) is 9.50. The molecule has 0 radical (unpaired) electrons. The normalized spacial score (nSPS) is 33.7. The van der Waals surface area contributed by atoms with Crippen molar-refractivity contribution in [3.05, 3.63) is 35.9 Å². The van der Waals surface area contributed by atoms with Crippen molar-refractivity contribution in [1.82, 2.24) is 0 Å². The minimum absolute atomic E-state index is 0.0268. The van der Waals surface area contributed by atoms with E-state index in [1.807, 2.05) is 6.07 Å². The summed E-state index contributed by atoms with van der Waals surface area (Å²) in [5, 5.41) is 37.7. The van der Waals surface area contributed by atoms with Gasteiger partial charge in [-0.15, -0.1) is 0 Å². The van der Waals surface area contributed by atoms with Crippen LogP contribution in [-0.4, -0.2) is 57.1 Å². The molecule has 2 rings (SSSR count). The lowest BCUT2D eigenvalue weighted by Crippen LogP contribution is -2.59. The number of ether oxygens (including phenoxy) is 2. The average molecular weight is 284 g/mol. The van der Waals surface area contributed by atoms with Crippen molar-refractivity contribution in [3.8, 4) is 0 Å². The Morgan fingerprint density at radius 1 is 1.05 bits per heavy atom. The van der Waals surface area contributed by atoms with Gasteiger partial charge in [-0.3, -0.25) is 0 Å². The van der Waals surface area contributed by atoms with Gasteiger partial charge < -0.3 is 29.9 Å². The van der Waals surface area contributed by atoms with E-state index in [4.69, 9.17) is 9.47 Å². The third-order valence-corrected chi connectivity index (χ3v) is 3.04. The number of carbonyl (C=O) groups excluding carboxylic acids is 1. The Kier molecular flexibility index (Phi) is 4.69. The number of aliphatic hydroxyl groups excluding tert-OH is 4. The molecule has 7 nitrogen and oxygen atoms in total. The van der Waals surface area contributed by atoms with Gasteiger partial charge in [-0.25, -0.2) is 4.79 Å². The third kappa shape index (κ3) is 3.14. The molecule has 1 saturated heterocycles. The molecule has 0 unspecified atom stereocenters. The SMILES string of the molecule is O=C(OCc1ccccc1)[C@H]1O[C@@H](O)[C@@H](O)[C@@H](O)[C@@H]1O. The summed E-state index contributed by atoms with van der Waals surface area (Å²) in [5.41, 5.74) is 0.743. The van der Waals surface area contributed by atoms with Crippen molar-refractivity contribution in [3.63, 3.8) is 0 Å². The van der Waals surface area contributed by atoms with E-state index >= 15 is 0 Å². The third-order valence-electron chi connectivity index (χ3n) is 3.04. The number of rotatable bonds is 3. The van der Waals surface area contributed by atoms with Crippen LogP contribution in [0.2, 0.25) is 0 Å². The van der Waals surface area contributed by atoms with Crippen LogP contribution in [0.15, 0.2) is 30.3 Å². The maximum Gasteiger partial charge on any atom is 0.338 e. The summed E-state index contributed by atoms with van der Waals surface area (Å²) in [5.74, 6) is -0.925. The fraction of sp³-hybridized carbons (Fsp3) is 0.462. The summed E-state index contributed by atoms with van der Waals surface area (Å²) in [6, 6.07) is 8.86. The highest BCUT2D eigenvalue weighted by molar-refractivity contribution is 5.75. The quantitative estimate of drug-likeness (QED) is 0.501. The highest BCUT2D eigenvalue weighted by Gasteiger charge is 2.46. The molecule has 1 aromatic rings. The van der Waals surface area contributed by atoms with Crippen LogP contribution in [0.4, 0.5) is 0 Å². The molecule has 7 heteroatoms. The van der Waals surface area contributed by atoms with Crippen LogP contribution in [0, 0.1) is 0 Å². The Morgan fingerprint density at radius 2 is 1.70 bits per heavy atom. The lowest BCUT2D eigenvalue weighted by atomic mass is 9.99. The van der Waals surface area contributed by atoms with E-state index in [9.17, 15) is 25.2 Å². The molecule has 1 aliphatic rings. The monoisotopic (exact) mass is 284 g/mol. The number of aliphatic hydroxyl groups is 4. The van der Waals surface area contributed by atoms with Gasteiger partial charge in [0.2, 0.25) is 0 Å². The van der Waals surface area contributed by atoms with E-state index in [2.05, 4.69) is 0 Å². The molecule has 20 heavy (non-hydrogen) atoms. The second kappa shape index (κ2) is 6.29. The van der Waals surface area contributed by atoms with Crippen molar-refractivity contribution in [2.75, 3.05) is 0 Å². The molecule has 0 aliphatic carbocycles. The lowest BCUT2D eigenvalue weighted by molar-refractivity contribution is -0.281. The zero-order valence-corrected chi connectivity index (χ0v) is 10.5. The van der Waals surface area contributed by atoms with E-state index in [0.29, 0.717) is 0 Å². The van der Waals surface area contributed by atoms with Crippen molar-refractivity contribution >= 4 is 5.97 Å². The Labute approximate surface area is 115 Å². The molecule has 1 aromatic carbocycles. The van der Waals surface area contributed by atoms with E-state index < -0.39 is 36.7 Å². The molecule has 0 aromatic heterocycles. The smallest absolute Gasteiger partial charge is 0.338 e. The van der Waals surface area contributed by atoms with Gasteiger partial charge >= 0.3 is 5.97 Å². The van der Waals surface area contributed by atoms with Crippen LogP contribution in [0.1, 0.15) is 5.56 Å². The van der Waals surface area contributed by atoms with E-state index in [-0.39, 0.29) is 6.61 Å². The van der Waals surface area contributed by atoms with Gasteiger partial charge in [0.15, 0.2) is 12.4 Å². The Hall–Kier alpha value is -1.51. The summed E-state index contributed by atoms with van der Waals surface area (Å²) in [6.07, 6.45) is -8.34. The van der Waals surface area contributed by atoms with Gasteiger partial charge in [-0.05, 0) is 5.56 Å². The van der Waals surface area contributed by atoms with Gasteiger partial charge in [0, 0.05) is 0 Å². The predicted molar refractivity (Wildman–Crippen MR) is 65.1 cm³/mol. The molecule has 4 N–H and O–H groups in total. The molecule has 0 amide bonds. The summed E-state index contributed by atoms with van der Waals surface area (Å²) < 4.78 is 9.69. The topological polar surface area (TPSA) is 116 Å². The first kappa shape index (κ1) is 14.9. The van der Waals surface area contributed by atoms with Gasteiger partial charge in [0.05, 0.1) is 0 Å². The molecule has 1 aliphatic heterocycles. The largest absolute Gasteiger partial charge is 0.459 e. The minimum atomic E-state index is -1.76. The summed E-state index contributed by atoms with van der Waals surface area (Å²) in [6.45, 7) is -0.0268. The molecule has 1 fully saturated rings. The van der Waals surface area contributed by atoms with E-state index in [1.165, 1.54) is 0 Å². The number of esters is 1. The number of hydrogen-bond donors (Lipinski definition) is 4. The number of carbonyl (C=O) groups is 1. The molecule has 0 spiro atoms. The van der Waals surface area contributed by atoms with Crippen molar-refractivity contribution < 1.29 is 34.7 Å². The molecule has 0 bridgehead atoms. The maximum atomic E-state index is 11.8. The first-order valence-corrected chi connectivity index (χ1v) is 6.09. The fourth-order valence-electron chi connectivity index (χ4n) is 1.87. The number of hydrogen-bond acceptors (Lipinski definition) is 7. The molecular weight excluding hydrogens is 268 g/mol. The lowest BCUT2D eigenvalue weighted by Gasteiger charge is -2.36. The molecule has 5 atom stereocenters. The Balaban J connectivity index is 1.95. The molecule has 110 valence electrons. The van der Waals surface area contributed by atoms with Crippen LogP contribution in [-0.2, 0) is 20.9 Å². The molecule has 0 saturated carbocycles. The summed E-state index contributed by atoms with van der Waals surface area (Å²) in [4.78, 5) is 11.8. The van der Waals surface area contributed by atoms with Crippen LogP contribution < -0.4 is 0 Å². The van der Waals surface area contributed by atoms with Gasteiger partial charge in [0.25, 0.3) is 0 Å². The highest BCUT2D eigenvalue weighted by Crippen LogP contribution is 2.21. The zero-order chi connectivity index (χ0) is 14.7. The first-order valence-electron chi connectivity index (χ1n) is 6.09. The summed E-state index contributed by atoms with van der Waals surface area (Å²) >= 11 is 0. The van der Waals surface area contributed by atoms with Crippen LogP contribution in [0.25, 0.3) is 0 Å². The van der Waals surface area contributed by atoms with Gasteiger partial charge in [0.1, 0.15) is 24.9 Å². The van der Waals surface area contributed by atoms with Crippen LogP contribution in [0.3, 0.4) is 0 Å². The van der Waals surface area contributed by atoms with Crippen LogP contribution >= 0.6 is 0 Å². The second-order valence-corrected chi connectivity index (χ2v) is 4.51. The van der Waals surface area contributed by atoms with Gasteiger partial charge in [-0.2, -0.15) is 0 Å². The van der Waals surface area contributed by atoms with Crippen molar-refractivity contribution in [2.45, 2.75) is 37.3 Å².